The van der Waals surface area contributed by atoms with Crippen molar-refractivity contribution in [3.05, 3.63) is 133 Å². The highest BCUT2D eigenvalue weighted by Crippen LogP contribution is 2.56. The van der Waals surface area contributed by atoms with E-state index >= 15 is 14.0 Å². The summed E-state index contributed by atoms with van der Waals surface area (Å²) in [5.41, 5.74) is 5.48. The maximum Gasteiger partial charge on any atom is 0.438 e. The zero-order chi connectivity index (χ0) is 47.4. The van der Waals surface area contributed by atoms with Crippen LogP contribution in [0.3, 0.4) is 0 Å². The van der Waals surface area contributed by atoms with Crippen LogP contribution in [0.25, 0.3) is 28.1 Å². The molecule has 3 aliphatic heterocycles. The number of carbonyl (C=O) groups is 1. The van der Waals surface area contributed by atoms with E-state index in [2.05, 4.69) is 40.2 Å². The summed E-state index contributed by atoms with van der Waals surface area (Å²) in [6.45, 7) is 15.0. The van der Waals surface area contributed by atoms with Gasteiger partial charge in [0.1, 0.15) is 30.0 Å². The normalized spacial score (nSPS) is 21.2. The third-order valence-electron chi connectivity index (χ3n) is 14.8. The predicted molar refractivity (Wildman–Crippen MR) is 256 cm³/mol. The number of H-pyrrole nitrogens is 1. The molecular weight excluding hydrogens is 889 g/mol. The lowest BCUT2D eigenvalue weighted by Gasteiger charge is -2.34. The summed E-state index contributed by atoms with van der Waals surface area (Å²) in [7, 11) is -2.71. The van der Waals surface area contributed by atoms with Gasteiger partial charge in [0, 0.05) is 79.1 Å². The molecule has 1 saturated carbocycles. The molecule has 354 valence electrons. The Kier molecular flexibility index (Phi) is 10.7. The SMILES string of the molecule is Cc1cc(-n2nc3c(c2-n2ccn(-c4ccc(P(C)(C)=O)c(N5CCOCC5)c4)c2=O)C(C)N(C(=O)c2cc4cc(C5CCOCC5)ccc4n2C2(c4noc(=O)[nH]4)CC2C)CC3)cc(C)c1F. The first-order valence-corrected chi connectivity index (χ1v) is 26.1. The fourth-order valence-corrected chi connectivity index (χ4v) is 12.3. The Hall–Kier alpha value is -6.29. The van der Waals surface area contributed by atoms with E-state index in [1.807, 2.05) is 40.7 Å². The number of nitrogens with zero attached hydrogens (tertiary/aromatic N) is 8. The molecular formula is C50H55FN9O7P. The average molecular weight is 944 g/mol. The standard InChI is InChI=1S/C50H55FN9O7P/c1-29-23-37(24-30(2)44(29)51)60-45(58-16-15-57(49(58)63)36-8-10-42(68(5,6)64)40(27-36)55-17-21-66-22-18-55)43-32(4)56(14-11-38(43)53-60)46(61)41-26-35-25-34(33-12-19-65-20-13-33)7-9-39(35)59(41)50(28-31(50)3)47-52-48(62)67-54-47/h7-10,15-16,23-27,31-33H,11-14,17-22,28H2,1-6H3,(H,52,54,62). The Morgan fingerprint density at radius 2 is 1.59 bits per heavy atom. The summed E-state index contributed by atoms with van der Waals surface area (Å²) < 4.78 is 52.0. The van der Waals surface area contributed by atoms with Crippen LogP contribution in [-0.4, -0.2) is 104 Å². The molecule has 11 rings (SSSR count). The van der Waals surface area contributed by atoms with E-state index in [0.717, 1.165) is 34.7 Å². The fourth-order valence-electron chi connectivity index (χ4n) is 11.1. The number of benzene rings is 3. The third kappa shape index (κ3) is 7.15. The lowest BCUT2D eigenvalue weighted by molar-refractivity contribution is 0.0663. The first-order valence-electron chi connectivity index (χ1n) is 23.5. The minimum Gasteiger partial charge on any atom is -0.381 e. The Labute approximate surface area is 391 Å². The molecule has 0 bridgehead atoms. The van der Waals surface area contributed by atoms with E-state index in [9.17, 15) is 9.36 Å². The molecule has 4 aromatic heterocycles. The van der Waals surface area contributed by atoms with Crippen LogP contribution in [0.4, 0.5) is 10.1 Å². The Morgan fingerprint density at radius 3 is 2.26 bits per heavy atom. The maximum absolute atomic E-state index is 15.6. The number of imidazole rings is 1. The molecule has 3 fully saturated rings. The Balaban J connectivity index is 1.05. The highest BCUT2D eigenvalue weighted by molar-refractivity contribution is 7.70. The number of fused-ring (bicyclic) bond motifs is 2. The summed E-state index contributed by atoms with van der Waals surface area (Å²) in [4.78, 5) is 49.8. The number of amides is 1. The molecule has 18 heteroatoms. The van der Waals surface area contributed by atoms with Gasteiger partial charge in [0.2, 0.25) is 0 Å². The number of nitrogens with one attached hydrogen (secondary N) is 1. The zero-order valence-corrected chi connectivity index (χ0v) is 40.0. The van der Waals surface area contributed by atoms with Gasteiger partial charge in [0.15, 0.2) is 5.82 Å². The molecule has 0 radical (unpaired) electrons. The largest absolute Gasteiger partial charge is 0.438 e. The zero-order valence-electron chi connectivity index (χ0n) is 39.1. The van der Waals surface area contributed by atoms with E-state index in [1.54, 1.807) is 65.5 Å². The van der Waals surface area contributed by atoms with Crippen LogP contribution in [0.5, 0.6) is 0 Å². The molecule has 2 saturated heterocycles. The van der Waals surface area contributed by atoms with Crippen molar-refractivity contribution in [3.63, 3.8) is 0 Å². The first-order chi connectivity index (χ1) is 32.6. The number of halogens is 1. The van der Waals surface area contributed by atoms with Gasteiger partial charge in [-0.1, -0.05) is 18.1 Å². The number of hydrogen-bond acceptors (Lipinski definition) is 10. The van der Waals surface area contributed by atoms with Crippen LogP contribution in [-0.2, 0) is 26.0 Å². The van der Waals surface area contributed by atoms with Gasteiger partial charge in [-0.3, -0.25) is 23.4 Å². The number of ether oxygens (including phenoxy) is 2. The number of rotatable bonds is 9. The van der Waals surface area contributed by atoms with E-state index in [-0.39, 0.29) is 23.3 Å². The van der Waals surface area contributed by atoms with Crippen LogP contribution in [0.1, 0.15) is 89.3 Å². The average Bonchev–Trinajstić information content (AvgIpc) is 3.83. The van der Waals surface area contributed by atoms with Crippen molar-refractivity contribution >= 4 is 34.9 Å². The molecule has 7 heterocycles. The van der Waals surface area contributed by atoms with Gasteiger partial charge >= 0.3 is 11.4 Å². The van der Waals surface area contributed by atoms with Crippen LogP contribution in [0.15, 0.2) is 81.1 Å². The van der Waals surface area contributed by atoms with Crippen LogP contribution < -0.4 is 21.7 Å². The third-order valence-corrected chi connectivity index (χ3v) is 16.3. The lowest BCUT2D eigenvalue weighted by atomic mass is 9.91. The molecule has 1 N–H and O–H groups in total. The monoisotopic (exact) mass is 943 g/mol. The maximum atomic E-state index is 15.6. The second-order valence-corrected chi connectivity index (χ2v) is 22.6. The molecule has 3 aromatic carbocycles. The number of carbonyl (C=O) groups excluding carboxylic acids is 1. The van der Waals surface area contributed by atoms with E-state index in [1.165, 1.54) is 5.56 Å². The van der Waals surface area contributed by atoms with Crippen molar-refractivity contribution in [1.29, 1.82) is 0 Å². The minimum absolute atomic E-state index is 0.0175. The minimum atomic E-state index is -2.71. The molecule has 3 unspecified atom stereocenters. The second-order valence-electron chi connectivity index (χ2n) is 19.4. The molecule has 4 aliphatic rings. The smallest absolute Gasteiger partial charge is 0.381 e. The highest BCUT2D eigenvalue weighted by atomic mass is 31.2. The van der Waals surface area contributed by atoms with Crippen LogP contribution in [0, 0.1) is 25.6 Å². The van der Waals surface area contributed by atoms with Crippen molar-refractivity contribution in [2.75, 3.05) is 64.3 Å². The van der Waals surface area contributed by atoms with Gasteiger partial charge in [-0.25, -0.2) is 18.7 Å². The summed E-state index contributed by atoms with van der Waals surface area (Å²) in [5.74, 6) is -0.0641. The first kappa shape index (κ1) is 44.2. The quantitative estimate of drug-likeness (QED) is 0.154. The summed E-state index contributed by atoms with van der Waals surface area (Å²) in [6, 6.07) is 16.8. The lowest BCUT2D eigenvalue weighted by Crippen LogP contribution is -2.41. The second kappa shape index (κ2) is 16.4. The number of hydrogen-bond donors (Lipinski definition) is 1. The van der Waals surface area contributed by atoms with E-state index in [0.29, 0.717) is 116 Å². The fraction of sp³-hybridized carbons (Fsp3) is 0.420. The summed E-state index contributed by atoms with van der Waals surface area (Å²) in [5, 5.41) is 11.0. The highest BCUT2D eigenvalue weighted by Gasteiger charge is 2.59. The van der Waals surface area contributed by atoms with Crippen LogP contribution in [0.2, 0.25) is 0 Å². The number of aromatic amines is 1. The number of aromatic nitrogens is 7. The summed E-state index contributed by atoms with van der Waals surface area (Å²) in [6.07, 6.45) is 6.23. The molecule has 3 atom stereocenters. The topological polar surface area (TPSA) is 168 Å². The number of morpholine rings is 1. The van der Waals surface area contributed by atoms with Gasteiger partial charge in [-0.05, 0) is 130 Å². The molecule has 1 aliphatic carbocycles. The van der Waals surface area contributed by atoms with Crippen molar-refractivity contribution in [2.45, 2.75) is 70.9 Å². The van der Waals surface area contributed by atoms with Crippen molar-refractivity contribution < 1.29 is 27.7 Å². The number of anilines is 1. The van der Waals surface area contributed by atoms with Gasteiger partial charge in [-0.2, -0.15) is 5.10 Å². The Bertz CT molecular complexity index is 3300. The van der Waals surface area contributed by atoms with Crippen molar-refractivity contribution in [3.8, 4) is 17.2 Å². The van der Waals surface area contributed by atoms with Gasteiger partial charge in [0.25, 0.3) is 5.91 Å². The molecule has 0 spiro atoms. The summed E-state index contributed by atoms with van der Waals surface area (Å²) >= 11 is 0. The van der Waals surface area contributed by atoms with Crippen molar-refractivity contribution in [2.24, 2.45) is 5.92 Å². The van der Waals surface area contributed by atoms with E-state index < -0.39 is 24.5 Å². The van der Waals surface area contributed by atoms with Crippen molar-refractivity contribution in [1.82, 2.24) is 38.5 Å². The van der Waals surface area contributed by atoms with Crippen LogP contribution >= 0.6 is 7.14 Å². The molecule has 7 aromatic rings. The molecule has 1 amide bonds. The molecule has 16 nitrogen and oxygen atoms in total. The Morgan fingerprint density at radius 1 is 0.882 bits per heavy atom. The van der Waals surface area contributed by atoms with Gasteiger partial charge < -0.3 is 28.4 Å². The molecule has 68 heavy (non-hydrogen) atoms. The predicted octanol–water partition coefficient (Wildman–Crippen LogP) is 6.72. The van der Waals surface area contributed by atoms with E-state index in [4.69, 9.17) is 19.1 Å². The van der Waals surface area contributed by atoms with Gasteiger partial charge in [-0.15, -0.1) is 0 Å². The number of aryl methyl sites for hydroxylation is 2. The van der Waals surface area contributed by atoms with Gasteiger partial charge in [0.05, 0.1) is 36.3 Å².